The van der Waals surface area contributed by atoms with Gasteiger partial charge in [0.25, 0.3) is 0 Å². The second-order valence-corrected chi connectivity index (χ2v) is 4.65. The number of nitrogens with zero attached hydrogens (tertiary/aromatic N) is 1. The summed E-state index contributed by atoms with van der Waals surface area (Å²) in [5.41, 5.74) is 2.63. The lowest BCUT2D eigenvalue weighted by Gasteiger charge is -2.11. The van der Waals surface area contributed by atoms with E-state index in [1.54, 1.807) is 32.2 Å². The summed E-state index contributed by atoms with van der Waals surface area (Å²) < 4.78 is 6.96. The topological polar surface area (TPSA) is 51.5 Å². The molecule has 2 aromatic rings. The molecule has 0 radical (unpaired) electrons. The lowest BCUT2D eigenvalue weighted by atomic mass is 10.2. The number of rotatable bonds is 3. The minimum absolute atomic E-state index is 0.296. The van der Waals surface area contributed by atoms with Crippen molar-refractivity contribution in [3.8, 4) is 11.4 Å². The minimum Gasteiger partial charge on any atom is -0.495 e. The van der Waals surface area contributed by atoms with E-state index in [1.807, 2.05) is 17.6 Å². The van der Waals surface area contributed by atoms with Crippen molar-refractivity contribution in [1.82, 2.24) is 4.57 Å². The number of benzene rings is 1. The zero-order valence-corrected chi connectivity index (χ0v) is 11.7. The average molecular weight is 280 g/mol. The Bertz CT molecular complexity index is 646. The molecule has 0 atom stereocenters. The van der Waals surface area contributed by atoms with Crippen LogP contribution in [0.4, 0.5) is 0 Å². The van der Waals surface area contributed by atoms with E-state index in [2.05, 4.69) is 0 Å². The third-order valence-corrected chi connectivity index (χ3v) is 3.35. The van der Waals surface area contributed by atoms with Gasteiger partial charge in [-0.25, -0.2) is 4.79 Å². The Balaban J connectivity index is 2.59. The fraction of sp³-hybridized carbons (Fsp3) is 0.214. The van der Waals surface area contributed by atoms with E-state index >= 15 is 0 Å². The number of ether oxygens (including phenoxy) is 1. The largest absolute Gasteiger partial charge is 0.495 e. The molecule has 4 nitrogen and oxygen atoms in total. The molecule has 0 fully saturated rings. The highest BCUT2D eigenvalue weighted by atomic mass is 35.5. The predicted molar refractivity (Wildman–Crippen MR) is 73.8 cm³/mol. The van der Waals surface area contributed by atoms with Crippen LogP contribution in [-0.2, 0) is 0 Å². The van der Waals surface area contributed by atoms with Gasteiger partial charge in [0.1, 0.15) is 5.75 Å². The first-order chi connectivity index (χ1) is 8.95. The normalized spacial score (nSPS) is 10.5. The second kappa shape index (κ2) is 4.97. The van der Waals surface area contributed by atoms with E-state index < -0.39 is 5.97 Å². The number of hydrogen-bond acceptors (Lipinski definition) is 2. The maximum atomic E-state index is 11.1. The van der Waals surface area contributed by atoms with Crippen LogP contribution in [0.25, 0.3) is 5.69 Å². The first-order valence-corrected chi connectivity index (χ1v) is 6.09. The molecule has 0 aliphatic carbocycles. The lowest BCUT2D eigenvalue weighted by Crippen LogP contribution is -2.02. The molecule has 1 N–H and O–H groups in total. The molecule has 0 saturated heterocycles. The van der Waals surface area contributed by atoms with Crippen LogP contribution in [0.2, 0.25) is 5.02 Å². The maximum absolute atomic E-state index is 11.1. The fourth-order valence-electron chi connectivity index (χ4n) is 2.17. The van der Waals surface area contributed by atoms with Crippen molar-refractivity contribution in [2.75, 3.05) is 7.11 Å². The first kappa shape index (κ1) is 13.5. The van der Waals surface area contributed by atoms with Gasteiger partial charge >= 0.3 is 5.97 Å². The van der Waals surface area contributed by atoms with Crippen LogP contribution >= 0.6 is 11.6 Å². The summed E-state index contributed by atoms with van der Waals surface area (Å²) in [6.45, 7) is 3.63. The average Bonchev–Trinajstić information content (AvgIpc) is 2.65. The van der Waals surface area contributed by atoms with Crippen molar-refractivity contribution in [2.45, 2.75) is 13.8 Å². The van der Waals surface area contributed by atoms with E-state index in [0.29, 0.717) is 22.0 Å². The van der Waals surface area contributed by atoms with Gasteiger partial charge in [0, 0.05) is 17.1 Å². The Morgan fingerprint density at radius 2 is 2.00 bits per heavy atom. The molecule has 1 aromatic carbocycles. The van der Waals surface area contributed by atoms with Gasteiger partial charge in [-0.15, -0.1) is 0 Å². The van der Waals surface area contributed by atoms with Crippen LogP contribution in [0.5, 0.6) is 5.75 Å². The Kier molecular flexibility index (Phi) is 3.53. The zero-order valence-electron chi connectivity index (χ0n) is 10.9. The highest BCUT2D eigenvalue weighted by Crippen LogP contribution is 2.29. The number of hydrogen-bond donors (Lipinski definition) is 1. The molecular formula is C14H14ClNO3. The van der Waals surface area contributed by atoms with Crippen molar-refractivity contribution < 1.29 is 14.6 Å². The highest BCUT2D eigenvalue weighted by Gasteiger charge is 2.16. The molecule has 0 aliphatic heterocycles. The SMILES string of the molecule is COc1ccc(-n2c(C)cc(C(=O)O)c2C)cc1Cl. The van der Waals surface area contributed by atoms with E-state index in [0.717, 1.165) is 11.4 Å². The van der Waals surface area contributed by atoms with Crippen LogP contribution in [0.15, 0.2) is 24.3 Å². The quantitative estimate of drug-likeness (QED) is 0.936. The van der Waals surface area contributed by atoms with Crippen molar-refractivity contribution in [2.24, 2.45) is 0 Å². The molecule has 5 heteroatoms. The standard InChI is InChI=1S/C14H14ClNO3/c1-8-6-11(14(17)18)9(2)16(8)10-4-5-13(19-3)12(15)7-10/h4-7H,1-3H3,(H,17,18). The number of aryl methyl sites for hydroxylation is 1. The van der Waals surface area contributed by atoms with E-state index in [-0.39, 0.29) is 0 Å². The molecule has 0 saturated carbocycles. The Morgan fingerprint density at radius 1 is 1.32 bits per heavy atom. The first-order valence-electron chi connectivity index (χ1n) is 5.72. The molecular weight excluding hydrogens is 266 g/mol. The van der Waals surface area contributed by atoms with Crippen LogP contribution < -0.4 is 4.74 Å². The van der Waals surface area contributed by atoms with E-state index in [4.69, 9.17) is 21.4 Å². The number of carboxylic acids is 1. The predicted octanol–water partition coefficient (Wildman–Crippen LogP) is 3.45. The van der Waals surface area contributed by atoms with Crippen molar-refractivity contribution in [3.63, 3.8) is 0 Å². The number of aromatic nitrogens is 1. The Morgan fingerprint density at radius 3 is 2.47 bits per heavy atom. The smallest absolute Gasteiger partial charge is 0.337 e. The van der Waals surface area contributed by atoms with Crippen LogP contribution in [0, 0.1) is 13.8 Å². The summed E-state index contributed by atoms with van der Waals surface area (Å²) >= 11 is 6.10. The van der Waals surface area contributed by atoms with Gasteiger partial charge < -0.3 is 14.4 Å². The number of methoxy groups -OCH3 is 1. The van der Waals surface area contributed by atoms with Crippen molar-refractivity contribution in [1.29, 1.82) is 0 Å². The monoisotopic (exact) mass is 279 g/mol. The third kappa shape index (κ3) is 2.31. The summed E-state index contributed by atoms with van der Waals surface area (Å²) in [6, 6.07) is 7.01. The lowest BCUT2D eigenvalue weighted by molar-refractivity contribution is 0.0696. The molecule has 100 valence electrons. The molecule has 1 aromatic heterocycles. The van der Waals surface area contributed by atoms with Crippen LogP contribution in [0.1, 0.15) is 21.7 Å². The second-order valence-electron chi connectivity index (χ2n) is 4.24. The summed E-state index contributed by atoms with van der Waals surface area (Å²) in [6.07, 6.45) is 0. The zero-order chi connectivity index (χ0) is 14.2. The number of aromatic carboxylic acids is 1. The Hall–Kier alpha value is -1.94. The summed E-state index contributed by atoms with van der Waals surface area (Å²) in [7, 11) is 1.55. The van der Waals surface area contributed by atoms with Gasteiger partial charge in [-0.05, 0) is 38.1 Å². The van der Waals surface area contributed by atoms with Crippen molar-refractivity contribution >= 4 is 17.6 Å². The fourth-order valence-corrected chi connectivity index (χ4v) is 2.42. The van der Waals surface area contributed by atoms with Gasteiger partial charge in [-0.2, -0.15) is 0 Å². The molecule has 0 amide bonds. The van der Waals surface area contributed by atoms with Gasteiger partial charge in [0.15, 0.2) is 0 Å². The summed E-state index contributed by atoms with van der Waals surface area (Å²) in [5, 5.41) is 9.62. The summed E-state index contributed by atoms with van der Waals surface area (Å²) in [5.74, 6) is -0.342. The van der Waals surface area contributed by atoms with Crippen molar-refractivity contribution in [3.05, 3.63) is 46.2 Å². The number of carbonyl (C=O) groups is 1. The minimum atomic E-state index is -0.932. The van der Waals surface area contributed by atoms with Gasteiger partial charge in [0.2, 0.25) is 0 Å². The molecule has 0 spiro atoms. The van der Waals surface area contributed by atoms with Gasteiger partial charge in [-0.1, -0.05) is 11.6 Å². The van der Waals surface area contributed by atoms with E-state index in [1.165, 1.54) is 0 Å². The number of carboxylic acid groups (broad SMARTS) is 1. The molecule has 2 rings (SSSR count). The third-order valence-electron chi connectivity index (χ3n) is 3.06. The molecule has 0 unspecified atom stereocenters. The Labute approximate surface area is 116 Å². The maximum Gasteiger partial charge on any atom is 0.337 e. The summed E-state index contributed by atoms with van der Waals surface area (Å²) in [4.78, 5) is 11.1. The van der Waals surface area contributed by atoms with Gasteiger partial charge in [-0.3, -0.25) is 0 Å². The highest BCUT2D eigenvalue weighted by molar-refractivity contribution is 6.32. The molecule has 0 bridgehead atoms. The molecule has 19 heavy (non-hydrogen) atoms. The molecule has 1 heterocycles. The molecule has 0 aliphatic rings. The van der Waals surface area contributed by atoms with Crippen LogP contribution in [0.3, 0.4) is 0 Å². The van der Waals surface area contributed by atoms with Gasteiger partial charge in [0.05, 0.1) is 17.7 Å². The van der Waals surface area contributed by atoms with Crippen LogP contribution in [-0.4, -0.2) is 22.8 Å². The van der Waals surface area contributed by atoms with E-state index in [9.17, 15) is 4.79 Å². The number of halogens is 1.